The highest BCUT2D eigenvalue weighted by atomic mass is 35.5. The number of nitrogens with zero attached hydrogens (tertiary/aromatic N) is 2. The van der Waals surface area contributed by atoms with E-state index in [9.17, 15) is 4.79 Å². The fraction of sp³-hybridized carbons (Fsp3) is 0. The number of hydrogen-bond acceptors (Lipinski definition) is 2. The maximum atomic E-state index is 12.1. The molecule has 0 atom stereocenters. The third-order valence-electron chi connectivity index (χ3n) is 2.73. The van der Waals surface area contributed by atoms with Gasteiger partial charge in [-0.1, -0.05) is 23.7 Å². The van der Waals surface area contributed by atoms with Gasteiger partial charge in [-0.25, -0.2) is 4.99 Å². The summed E-state index contributed by atoms with van der Waals surface area (Å²) in [6.07, 6.45) is 0. The lowest BCUT2D eigenvalue weighted by Crippen LogP contribution is -2.26. The molecule has 0 fully saturated rings. The maximum absolute atomic E-state index is 12.1. The Morgan fingerprint density at radius 1 is 1.00 bits per heavy atom. The minimum Gasteiger partial charge on any atom is -0.370 e. The van der Waals surface area contributed by atoms with Crippen LogP contribution in [0.2, 0.25) is 5.02 Å². The lowest BCUT2D eigenvalue weighted by molar-refractivity contribution is 0.102. The molecule has 2 rings (SSSR count). The van der Waals surface area contributed by atoms with E-state index < -0.39 is 0 Å². The van der Waals surface area contributed by atoms with Gasteiger partial charge in [-0.05, 0) is 36.4 Å². The van der Waals surface area contributed by atoms with Crippen LogP contribution in [-0.4, -0.2) is 17.8 Å². The van der Waals surface area contributed by atoms with Gasteiger partial charge in [0.1, 0.15) is 0 Å². The number of anilines is 1. The van der Waals surface area contributed by atoms with Crippen LogP contribution in [0, 0.1) is 0 Å². The second kappa shape index (κ2) is 7.28. The number of amides is 1. The SMILES string of the molecule is NC(N)=NC(N)=Nc1ccc(NC(=O)c2ccccc2Cl)cc1. The van der Waals surface area contributed by atoms with E-state index in [0.29, 0.717) is 22.0 Å². The molecular weight excluding hydrogens is 316 g/mol. The average Bonchev–Trinajstić information content (AvgIpc) is 2.48. The summed E-state index contributed by atoms with van der Waals surface area (Å²) >= 11 is 5.98. The molecule has 0 aliphatic rings. The summed E-state index contributed by atoms with van der Waals surface area (Å²) in [4.78, 5) is 19.7. The quantitative estimate of drug-likeness (QED) is 0.504. The van der Waals surface area contributed by atoms with Crippen molar-refractivity contribution in [3.05, 3.63) is 59.1 Å². The van der Waals surface area contributed by atoms with E-state index >= 15 is 0 Å². The van der Waals surface area contributed by atoms with Crippen molar-refractivity contribution in [3.63, 3.8) is 0 Å². The molecule has 0 bridgehead atoms. The first-order valence-corrected chi connectivity index (χ1v) is 6.93. The monoisotopic (exact) mass is 330 g/mol. The highest BCUT2D eigenvalue weighted by Gasteiger charge is 2.09. The van der Waals surface area contributed by atoms with Gasteiger partial charge in [0.15, 0.2) is 5.96 Å². The number of halogens is 1. The third-order valence-corrected chi connectivity index (χ3v) is 3.06. The largest absolute Gasteiger partial charge is 0.370 e. The van der Waals surface area contributed by atoms with Gasteiger partial charge in [-0.3, -0.25) is 4.79 Å². The van der Waals surface area contributed by atoms with Crippen LogP contribution in [0.5, 0.6) is 0 Å². The summed E-state index contributed by atoms with van der Waals surface area (Å²) in [5.41, 5.74) is 17.5. The number of carbonyl (C=O) groups is 1. The molecular formula is C15H15ClN6O. The van der Waals surface area contributed by atoms with Gasteiger partial charge in [0.25, 0.3) is 5.91 Å². The van der Waals surface area contributed by atoms with Crippen molar-refractivity contribution in [2.45, 2.75) is 0 Å². The fourth-order valence-corrected chi connectivity index (χ4v) is 1.97. The number of hydrogen-bond donors (Lipinski definition) is 4. The second-order valence-electron chi connectivity index (χ2n) is 4.49. The van der Waals surface area contributed by atoms with E-state index in [-0.39, 0.29) is 17.8 Å². The summed E-state index contributed by atoms with van der Waals surface area (Å²) in [5.74, 6) is -0.528. The Labute approximate surface area is 137 Å². The van der Waals surface area contributed by atoms with Crippen LogP contribution in [0.1, 0.15) is 10.4 Å². The maximum Gasteiger partial charge on any atom is 0.257 e. The summed E-state index contributed by atoms with van der Waals surface area (Å²) in [7, 11) is 0. The molecule has 0 aliphatic carbocycles. The van der Waals surface area contributed by atoms with Gasteiger partial charge in [0, 0.05) is 5.69 Å². The molecule has 118 valence electrons. The van der Waals surface area contributed by atoms with Gasteiger partial charge in [-0.15, -0.1) is 0 Å². The molecule has 8 heteroatoms. The predicted octanol–water partition coefficient (Wildman–Crippen LogP) is 1.81. The van der Waals surface area contributed by atoms with Gasteiger partial charge < -0.3 is 22.5 Å². The zero-order valence-corrected chi connectivity index (χ0v) is 12.8. The molecule has 0 saturated heterocycles. The summed E-state index contributed by atoms with van der Waals surface area (Å²) in [5, 5.41) is 3.13. The summed E-state index contributed by atoms with van der Waals surface area (Å²) in [6, 6.07) is 13.5. The van der Waals surface area contributed by atoms with Crippen molar-refractivity contribution >= 4 is 40.8 Å². The van der Waals surface area contributed by atoms with Gasteiger partial charge in [0.2, 0.25) is 5.96 Å². The summed E-state index contributed by atoms with van der Waals surface area (Å²) < 4.78 is 0. The number of carbonyl (C=O) groups excluding carboxylic acids is 1. The van der Waals surface area contributed by atoms with Crippen LogP contribution < -0.4 is 22.5 Å². The standard InChI is InChI=1S/C15H15ClN6O/c16-12-4-2-1-3-11(12)13(23)20-9-5-7-10(8-6-9)21-15(19)22-14(17)18/h1-8H,(H,20,23)(H6,17,18,19,21,22). The van der Waals surface area contributed by atoms with E-state index in [0.717, 1.165) is 0 Å². The molecule has 0 aliphatic heterocycles. The molecule has 2 aromatic carbocycles. The van der Waals surface area contributed by atoms with E-state index in [1.54, 1.807) is 48.5 Å². The smallest absolute Gasteiger partial charge is 0.257 e. The third kappa shape index (κ3) is 4.72. The highest BCUT2D eigenvalue weighted by molar-refractivity contribution is 6.34. The van der Waals surface area contributed by atoms with Crippen LogP contribution in [0.25, 0.3) is 0 Å². The zero-order chi connectivity index (χ0) is 16.8. The minimum atomic E-state index is -0.299. The normalized spacial score (nSPS) is 10.9. The Balaban J connectivity index is 2.10. The molecule has 0 unspecified atom stereocenters. The molecule has 0 radical (unpaired) electrons. The highest BCUT2D eigenvalue weighted by Crippen LogP contribution is 2.19. The van der Waals surface area contributed by atoms with E-state index in [4.69, 9.17) is 28.8 Å². The molecule has 7 N–H and O–H groups in total. The van der Waals surface area contributed by atoms with Crippen LogP contribution in [0.3, 0.4) is 0 Å². The van der Waals surface area contributed by atoms with Crippen LogP contribution >= 0.6 is 11.6 Å². The number of rotatable bonds is 3. The van der Waals surface area contributed by atoms with Crippen molar-refractivity contribution in [1.29, 1.82) is 0 Å². The second-order valence-corrected chi connectivity index (χ2v) is 4.89. The number of nitrogens with two attached hydrogens (primary N) is 3. The van der Waals surface area contributed by atoms with Gasteiger partial charge in [-0.2, -0.15) is 4.99 Å². The number of guanidine groups is 2. The molecule has 0 spiro atoms. The van der Waals surface area contributed by atoms with Gasteiger partial charge in [0.05, 0.1) is 16.3 Å². The molecule has 2 aromatic rings. The zero-order valence-electron chi connectivity index (χ0n) is 12.0. The fourth-order valence-electron chi connectivity index (χ4n) is 1.75. The number of aliphatic imine (C=N–C) groups is 2. The minimum absolute atomic E-state index is 0.0575. The molecule has 23 heavy (non-hydrogen) atoms. The lowest BCUT2D eigenvalue weighted by Gasteiger charge is -2.06. The van der Waals surface area contributed by atoms with Crippen LogP contribution in [-0.2, 0) is 0 Å². The van der Waals surface area contributed by atoms with Crippen molar-refractivity contribution in [3.8, 4) is 0 Å². The van der Waals surface area contributed by atoms with E-state index in [1.165, 1.54) is 0 Å². The van der Waals surface area contributed by atoms with E-state index in [1.807, 2.05) is 0 Å². The molecule has 7 nitrogen and oxygen atoms in total. The van der Waals surface area contributed by atoms with E-state index in [2.05, 4.69) is 15.3 Å². The van der Waals surface area contributed by atoms with Crippen molar-refractivity contribution < 1.29 is 4.79 Å². The molecule has 0 saturated carbocycles. The molecule has 0 aromatic heterocycles. The topological polar surface area (TPSA) is 132 Å². The Kier molecular flexibility index (Phi) is 5.16. The lowest BCUT2D eigenvalue weighted by atomic mass is 10.2. The number of nitrogens with one attached hydrogen (secondary N) is 1. The predicted molar refractivity (Wildman–Crippen MR) is 92.9 cm³/mol. The Hall–Kier alpha value is -3.06. The molecule has 1 amide bonds. The Morgan fingerprint density at radius 3 is 2.26 bits per heavy atom. The Bertz CT molecular complexity index is 766. The van der Waals surface area contributed by atoms with Crippen molar-refractivity contribution in [1.82, 2.24) is 0 Å². The van der Waals surface area contributed by atoms with Crippen LogP contribution in [0.4, 0.5) is 11.4 Å². The van der Waals surface area contributed by atoms with Crippen LogP contribution in [0.15, 0.2) is 58.5 Å². The summed E-state index contributed by atoms with van der Waals surface area (Å²) in [6.45, 7) is 0. The molecule has 0 heterocycles. The first kappa shape index (κ1) is 16.3. The first-order chi connectivity index (χ1) is 11.0. The van der Waals surface area contributed by atoms with Crippen molar-refractivity contribution in [2.75, 3.05) is 5.32 Å². The first-order valence-electron chi connectivity index (χ1n) is 6.55. The number of benzene rings is 2. The average molecular weight is 331 g/mol. The van der Waals surface area contributed by atoms with Gasteiger partial charge >= 0.3 is 0 Å². The van der Waals surface area contributed by atoms with Crippen molar-refractivity contribution in [2.24, 2.45) is 27.2 Å². The Morgan fingerprint density at radius 2 is 1.65 bits per heavy atom.